The molecule has 124 valence electrons. The second kappa shape index (κ2) is 8.20. The average molecular weight is 332 g/mol. The van der Waals surface area contributed by atoms with Crippen molar-refractivity contribution >= 4 is 35.3 Å². The Hall–Kier alpha value is -1.75. The van der Waals surface area contributed by atoms with Gasteiger partial charge in [-0.05, 0) is 29.7 Å². The summed E-state index contributed by atoms with van der Waals surface area (Å²) in [7, 11) is 0. The Balaban J connectivity index is 1.93. The second-order valence-corrected chi connectivity index (χ2v) is 7.42. The number of rotatable bonds is 4. The van der Waals surface area contributed by atoms with Gasteiger partial charge in [-0.1, -0.05) is 26.0 Å². The summed E-state index contributed by atoms with van der Waals surface area (Å²) >= 11 is 1.96. The molecule has 2 rings (SSSR count). The molecule has 2 amide bonds. The quantitative estimate of drug-likeness (QED) is 0.861. The Morgan fingerprint density at radius 2 is 2.00 bits per heavy atom. The van der Waals surface area contributed by atoms with E-state index in [0.29, 0.717) is 11.2 Å². The molecule has 0 saturated carbocycles. The Labute approximate surface area is 142 Å². The summed E-state index contributed by atoms with van der Waals surface area (Å²) in [5, 5.41) is 3.25. The molecular formula is C18H24N2O2S. The normalized spacial score (nSPS) is 18.4. The summed E-state index contributed by atoms with van der Waals surface area (Å²) < 4.78 is 0. The monoisotopic (exact) mass is 332 g/mol. The van der Waals surface area contributed by atoms with Crippen LogP contribution in [0.15, 0.2) is 30.3 Å². The van der Waals surface area contributed by atoms with E-state index in [1.54, 1.807) is 6.08 Å². The van der Waals surface area contributed by atoms with E-state index in [9.17, 15) is 9.59 Å². The Morgan fingerprint density at radius 3 is 2.61 bits per heavy atom. The number of carbonyl (C=O) groups is 2. The average Bonchev–Trinajstić information content (AvgIpc) is 2.53. The molecular weight excluding hydrogens is 308 g/mol. The van der Waals surface area contributed by atoms with Crippen LogP contribution in [-0.2, 0) is 9.59 Å². The maximum Gasteiger partial charge on any atom is 0.246 e. The van der Waals surface area contributed by atoms with Gasteiger partial charge >= 0.3 is 0 Å². The standard InChI is InChI=1S/C18H24N2O2S/c1-13(2)17-12-20(10-11-23-17)18(22)9-6-15-4-7-16(8-5-15)19-14(3)21/h4-9,13,17H,10-12H2,1-3H3,(H,19,21)/b9-6-/t17-/m1/s1. The van der Waals surface area contributed by atoms with Crippen LogP contribution in [-0.4, -0.2) is 40.8 Å². The molecule has 1 heterocycles. The lowest BCUT2D eigenvalue weighted by Crippen LogP contribution is -2.42. The van der Waals surface area contributed by atoms with Crippen molar-refractivity contribution in [3.8, 4) is 0 Å². The largest absolute Gasteiger partial charge is 0.337 e. The third kappa shape index (κ3) is 5.43. The van der Waals surface area contributed by atoms with E-state index < -0.39 is 0 Å². The van der Waals surface area contributed by atoms with E-state index in [2.05, 4.69) is 19.2 Å². The van der Waals surface area contributed by atoms with Crippen molar-refractivity contribution in [3.63, 3.8) is 0 Å². The highest BCUT2D eigenvalue weighted by Gasteiger charge is 2.24. The number of anilines is 1. The van der Waals surface area contributed by atoms with Gasteiger partial charge in [0.2, 0.25) is 11.8 Å². The lowest BCUT2D eigenvalue weighted by Gasteiger charge is -2.33. The van der Waals surface area contributed by atoms with Crippen LogP contribution < -0.4 is 5.32 Å². The van der Waals surface area contributed by atoms with Crippen LogP contribution in [0, 0.1) is 5.92 Å². The number of nitrogens with one attached hydrogen (secondary N) is 1. The molecule has 0 bridgehead atoms. The van der Waals surface area contributed by atoms with Crippen LogP contribution in [0.2, 0.25) is 0 Å². The molecule has 1 aromatic carbocycles. The van der Waals surface area contributed by atoms with Crippen molar-refractivity contribution in [1.29, 1.82) is 0 Å². The van der Waals surface area contributed by atoms with Crippen molar-refractivity contribution < 1.29 is 9.59 Å². The van der Waals surface area contributed by atoms with E-state index in [1.807, 2.05) is 47.0 Å². The van der Waals surface area contributed by atoms with Crippen molar-refractivity contribution in [1.82, 2.24) is 4.90 Å². The zero-order chi connectivity index (χ0) is 16.8. The topological polar surface area (TPSA) is 49.4 Å². The van der Waals surface area contributed by atoms with Crippen LogP contribution in [0.4, 0.5) is 5.69 Å². The highest BCUT2D eigenvalue weighted by Crippen LogP contribution is 2.25. The first kappa shape index (κ1) is 17.6. The van der Waals surface area contributed by atoms with Gasteiger partial charge in [0.15, 0.2) is 0 Å². The Morgan fingerprint density at radius 1 is 1.30 bits per heavy atom. The first-order valence-electron chi connectivity index (χ1n) is 7.92. The summed E-state index contributed by atoms with van der Waals surface area (Å²) in [4.78, 5) is 25.2. The Kier molecular flexibility index (Phi) is 6.28. The van der Waals surface area contributed by atoms with Gasteiger partial charge in [0.05, 0.1) is 0 Å². The number of thioether (sulfide) groups is 1. The minimum atomic E-state index is -0.0915. The van der Waals surface area contributed by atoms with Gasteiger partial charge in [0, 0.05) is 42.8 Å². The summed E-state index contributed by atoms with van der Waals surface area (Å²) in [5.41, 5.74) is 1.70. The van der Waals surface area contributed by atoms with Crippen molar-refractivity contribution in [2.24, 2.45) is 5.92 Å². The molecule has 1 fully saturated rings. The third-order valence-electron chi connectivity index (χ3n) is 3.80. The number of amides is 2. The van der Waals surface area contributed by atoms with E-state index >= 15 is 0 Å². The fourth-order valence-corrected chi connectivity index (χ4v) is 3.73. The molecule has 0 aromatic heterocycles. The predicted molar refractivity (Wildman–Crippen MR) is 97.4 cm³/mol. The molecule has 1 aliphatic heterocycles. The van der Waals surface area contributed by atoms with Gasteiger partial charge in [-0.15, -0.1) is 0 Å². The maximum absolute atomic E-state index is 12.3. The predicted octanol–water partition coefficient (Wildman–Crippen LogP) is 3.26. The van der Waals surface area contributed by atoms with Crippen molar-refractivity contribution in [2.45, 2.75) is 26.0 Å². The molecule has 0 spiro atoms. The fourth-order valence-electron chi connectivity index (χ4n) is 2.43. The summed E-state index contributed by atoms with van der Waals surface area (Å²) in [6.07, 6.45) is 3.47. The van der Waals surface area contributed by atoms with Gasteiger partial charge in [-0.2, -0.15) is 11.8 Å². The van der Waals surface area contributed by atoms with Crippen LogP contribution in [0.5, 0.6) is 0 Å². The smallest absolute Gasteiger partial charge is 0.246 e. The van der Waals surface area contributed by atoms with Gasteiger partial charge < -0.3 is 10.2 Å². The van der Waals surface area contributed by atoms with E-state index in [1.165, 1.54) is 6.92 Å². The highest BCUT2D eigenvalue weighted by molar-refractivity contribution is 8.00. The SMILES string of the molecule is CC(=O)Nc1ccc(/C=C\C(=O)N2CCS[C@@H](C(C)C)C2)cc1. The Bertz CT molecular complexity index is 581. The second-order valence-electron chi connectivity index (χ2n) is 6.07. The van der Waals surface area contributed by atoms with Crippen molar-refractivity contribution in [3.05, 3.63) is 35.9 Å². The molecule has 1 N–H and O–H groups in total. The van der Waals surface area contributed by atoms with E-state index in [0.717, 1.165) is 30.1 Å². The molecule has 5 heteroatoms. The van der Waals surface area contributed by atoms with Gasteiger partial charge in [0.1, 0.15) is 0 Å². The molecule has 0 unspecified atom stereocenters. The minimum Gasteiger partial charge on any atom is -0.337 e. The molecule has 1 atom stereocenters. The van der Waals surface area contributed by atoms with Crippen LogP contribution in [0.1, 0.15) is 26.3 Å². The van der Waals surface area contributed by atoms with Gasteiger partial charge in [-0.25, -0.2) is 0 Å². The molecule has 1 aliphatic rings. The molecule has 1 aromatic rings. The molecule has 1 saturated heterocycles. The summed E-state index contributed by atoms with van der Waals surface area (Å²) in [6.45, 7) is 7.54. The zero-order valence-electron chi connectivity index (χ0n) is 13.9. The molecule has 23 heavy (non-hydrogen) atoms. The molecule has 4 nitrogen and oxygen atoms in total. The summed E-state index contributed by atoms with van der Waals surface area (Å²) in [6, 6.07) is 7.44. The highest BCUT2D eigenvalue weighted by atomic mass is 32.2. The van der Waals surface area contributed by atoms with Crippen LogP contribution in [0.25, 0.3) is 6.08 Å². The van der Waals surface area contributed by atoms with Crippen LogP contribution in [0.3, 0.4) is 0 Å². The third-order valence-corrected chi connectivity index (χ3v) is 5.34. The first-order chi connectivity index (χ1) is 11.0. The number of nitrogens with zero attached hydrogens (tertiary/aromatic N) is 1. The number of carbonyl (C=O) groups excluding carboxylic acids is 2. The first-order valence-corrected chi connectivity index (χ1v) is 8.97. The number of hydrogen-bond donors (Lipinski definition) is 1. The van der Waals surface area contributed by atoms with E-state index in [-0.39, 0.29) is 11.8 Å². The molecule has 0 radical (unpaired) electrons. The maximum atomic E-state index is 12.3. The summed E-state index contributed by atoms with van der Waals surface area (Å²) in [5.74, 6) is 1.57. The van der Waals surface area contributed by atoms with Gasteiger partial charge in [0.25, 0.3) is 0 Å². The van der Waals surface area contributed by atoms with Crippen LogP contribution >= 0.6 is 11.8 Å². The van der Waals surface area contributed by atoms with Gasteiger partial charge in [-0.3, -0.25) is 9.59 Å². The minimum absolute atomic E-state index is 0.0712. The number of benzene rings is 1. The fraction of sp³-hybridized carbons (Fsp3) is 0.444. The lowest BCUT2D eigenvalue weighted by molar-refractivity contribution is -0.126. The zero-order valence-corrected chi connectivity index (χ0v) is 14.7. The lowest BCUT2D eigenvalue weighted by atomic mass is 10.1. The van der Waals surface area contributed by atoms with Crippen molar-refractivity contribution in [2.75, 3.05) is 24.2 Å². The van der Waals surface area contributed by atoms with E-state index in [4.69, 9.17) is 0 Å². The molecule has 0 aliphatic carbocycles. The number of hydrogen-bond acceptors (Lipinski definition) is 3.